The number of likely N-dealkylation sites (tertiary alicyclic amines) is 1. The van der Waals surface area contributed by atoms with E-state index in [1.165, 1.54) is 12.1 Å². The number of aryl methyl sites for hydroxylation is 2. The van der Waals surface area contributed by atoms with Gasteiger partial charge in [-0.15, -0.1) is 0 Å². The molecule has 1 aliphatic rings. The molecule has 0 unspecified atom stereocenters. The number of carbonyl (C=O) groups excluding carboxylic acids is 1. The molecule has 0 spiro atoms. The zero-order chi connectivity index (χ0) is 18.5. The van der Waals surface area contributed by atoms with Gasteiger partial charge in [-0.05, 0) is 62.0 Å². The molecule has 1 aliphatic heterocycles. The van der Waals surface area contributed by atoms with Crippen LogP contribution in [0.4, 0.5) is 4.39 Å². The van der Waals surface area contributed by atoms with E-state index in [0.717, 1.165) is 42.9 Å². The second-order valence-electron chi connectivity index (χ2n) is 7.00. The molecule has 2 heterocycles. The Morgan fingerprint density at radius 3 is 2.81 bits per heavy atom. The maximum Gasteiger partial charge on any atom is 0.224 e. The number of carbonyl (C=O) groups is 1. The first-order valence-corrected chi connectivity index (χ1v) is 9.03. The predicted molar refractivity (Wildman–Crippen MR) is 94.9 cm³/mol. The Morgan fingerprint density at radius 1 is 1.35 bits per heavy atom. The third kappa shape index (κ3) is 5.11. The number of halogens is 1. The smallest absolute Gasteiger partial charge is 0.224 e. The van der Waals surface area contributed by atoms with Crippen molar-refractivity contribution >= 4 is 5.91 Å². The Morgan fingerprint density at radius 2 is 2.12 bits per heavy atom. The maximum absolute atomic E-state index is 13.3. The van der Waals surface area contributed by atoms with Crippen molar-refractivity contribution in [2.75, 3.05) is 19.6 Å². The molecule has 0 aliphatic carbocycles. The van der Waals surface area contributed by atoms with E-state index in [1.807, 2.05) is 6.92 Å². The molecule has 7 heteroatoms. The van der Waals surface area contributed by atoms with Crippen LogP contribution in [0.5, 0.6) is 0 Å². The van der Waals surface area contributed by atoms with Gasteiger partial charge in [-0.1, -0.05) is 11.2 Å². The van der Waals surface area contributed by atoms with Crippen LogP contribution in [0, 0.1) is 25.6 Å². The molecule has 0 bridgehead atoms. The average Bonchev–Trinajstić information content (AvgIpc) is 3.02. The van der Waals surface area contributed by atoms with Crippen molar-refractivity contribution in [3.63, 3.8) is 0 Å². The van der Waals surface area contributed by atoms with E-state index in [9.17, 15) is 9.18 Å². The molecule has 3 rings (SSSR count). The van der Waals surface area contributed by atoms with Crippen LogP contribution < -0.4 is 5.32 Å². The van der Waals surface area contributed by atoms with Gasteiger partial charge in [-0.2, -0.15) is 4.98 Å². The Balaban J connectivity index is 1.39. The second-order valence-corrected chi connectivity index (χ2v) is 7.00. The van der Waals surface area contributed by atoms with Gasteiger partial charge in [-0.3, -0.25) is 9.69 Å². The average molecular weight is 360 g/mol. The lowest BCUT2D eigenvalue weighted by Gasteiger charge is -2.31. The predicted octanol–water partition coefficient (Wildman–Crippen LogP) is 2.40. The van der Waals surface area contributed by atoms with Crippen LogP contribution in [0.25, 0.3) is 0 Å². The number of aromatic nitrogens is 2. The Kier molecular flexibility index (Phi) is 5.98. The first-order chi connectivity index (χ1) is 12.5. The fraction of sp³-hybridized carbons (Fsp3) is 0.526. The van der Waals surface area contributed by atoms with Gasteiger partial charge in [0.15, 0.2) is 5.82 Å². The minimum atomic E-state index is -0.303. The molecule has 1 aromatic heterocycles. The summed E-state index contributed by atoms with van der Waals surface area (Å²) in [7, 11) is 0. The Bertz CT molecular complexity index is 754. The Labute approximate surface area is 152 Å². The minimum absolute atomic E-state index is 0.0524. The number of nitrogens with one attached hydrogen (secondary N) is 1. The summed E-state index contributed by atoms with van der Waals surface area (Å²) in [4.78, 5) is 18.7. The number of hydrogen-bond donors (Lipinski definition) is 1. The normalized spacial score (nSPS) is 16.0. The highest BCUT2D eigenvalue weighted by molar-refractivity contribution is 5.78. The van der Waals surface area contributed by atoms with Gasteiger partial charge in [0.25, 0.3) is 0 Å². The Hall–Kier alpha value is -2.28. The van der Waals surface area contributed by atoms with Crippen molar-refractivity contribution in [3.05, 3.63) is 46.9 Å². The summed E-state index contributed by atoms with van der Waals surface area (Å²) in [5.74, 6) is 1.42. The van der Waals surface area contributed by atoms with Crippen molar-refractivity contribution in [1.82, 2.24) is 20.4 Å². The molecular weight excluding hydrogens is 335 g/mol. The molecule has 0 saturated carbocycles. The van der Waals surface area contributed by atoms with E-state index in [1.54, 1.807) is 13.0 Å². The van der Waals surface area contributed by atoms with Gasteiger partial charge >= 0.3 is 0 Å². The molecule has 6 nitrogen and oxygen atoms in total. The number of piperidine rings is 1. The SMILES string of the molecule is Cc1nc(CN2CCC(CNC(=O)Cc3cc(F)ccc3C)CC2)no1. The quantitative estimate of drug-likeness (QED) is 0.856. The summed E-state index contributed by atoms with van der Waals surface area (Å²) in [5.41, 5.74) is 1.68. The van der Waals surface area contributed by atoms with Crippen LogP contribution in [-0.2, 0) is 17.8 Å². The summed E-state index contributed by atoms with van der Waals surface area (Å²) in [6.07, 6.45) is 2.27. The maximum atomic E-state index is 13.3. The number of amides is 1. The van der Waals surface area contributed by atoms with E-state index in [4.69, 9.17) is 4.52 Å². The van der Waals surface area contributed by atoms with Crippen LogP contribution >= 0.6 is 0 Å². The van der Waals surface area contributed by atoms with Gasteiger partial charge in [0.1, 0.15) is 5.82 Å². The molecule has 2 aromatic rings. The number of rotatable bonds is 6. The van der Waals surface area contributed by atoms with E-state index in [-0.39, 0.29) is 18.1 Å². The lowest BCUT2D eigenvalue weighted by atomic mass is 9.96. The third-order valence-electron chi connectivity index (χ3n) is 4.89. The van der Waals surface area contributed by atoms with Crippen LogP contribution in [0.15, 0.2) is 22.7 Å². The standard InChI is InChI=1S/C19H25FN4O2/c1-13-3-4-17(20)9-16(13)10-19(25)21-11-15-5-7-24(8-6-15)12-18-22-14(2)26-23-18/h3-4,9,15H,5-8,10-12H2,1-2H3,(H,21,25). The fourth-order valence-corrected chi connectivity index (χ4v) is 3.28. The third-order valence-corrected chi connectivity index (χ3v) is 4.89. The topological polar surface area (TPSA) is 71.3 Å². The van der Waals surface area contributed by atoms with Gasteiger partial charge in [-0.25, -0.2) is 4.39 Å². The van der Waals surface area contributed by atoms with E-state index >= 15 is 0 Å². The second kappa shape index (κ2) is 8.40. The largest absolute Gasteiger partial charge is 0.356 e. The minimum Gasteiger partial charge on any atom is -0.356 e. The molecule has 140 valence electrons. The van der Waals surface area contributed by atoms with Crippen LogP contribution in [-0.4, -0.2) is 40.6 Å². The molecule has 26 heavy (non-hydrogen) atoms. The van der Waals surface area contributed by atoms with E-state index in [2.05, 4.69) is 20.4 Å². The van der Waals surface area contributed by atoms with Gasteiger partial charge in [0.05, 0.1) is 13.0 Å². The zero-order valence-corrected chi connectivity index (χ0v) is 15.3. The van der Waals surface area contributed by atoms with E-state index < -0.39 is 0 Å². The van der Waals surface area contributed by atoms with Gasteiger partial charge in [0.2, 0.25) is 11.8 Å². The molecule has 0 radical (unpaired) electrons. The molecule has 1 saturated heterocycles. The van der Waals surface area contributed by atoms with Crippen molar-refractivity contribution in [2.45, 2.75) is 39.7 Å². The molecular formula is C19H25FN4O2. The van der Waals surface area contributed by atoms with Gasteiger partial charge in [0, 0.05) is 13.5 Å². The van der Waals surface area contributed by atoms with E-state index in [0.29, 0.717) is 24.9 Å². The molecule has 1 aromatic carbocycles. The zero-order valence-electron chi connectivity index (χ0n) is 15.3. The number of benzene rings is 1. The molecule has 1 N–H and O–H groups in total. The first-order valence-electron chi connectivity index (χ1n) is 9.03. The summed E-state index contributed by atoms with van der Waals surface area (Å²) < 4.78 is 18.3. The fourth-order valence-electron chi connectivity index (χ4n) is 3.28. The van der Waals surface area contributed by atoms with Crippen LogP contribution in [0.3, 0.4) is 0 Å². The molecule has 0 atom stereocenters. The van der Waals surface area contributed by atoms with Crippen molar-refractivity contribution in [3.8, 4) is 0 Å². The lowest BCUT2D eigenvalue weighted by molar-refractivity contribution is -0.120. The monoisotopic (exact) mass is 360 g/mol. The van der Waals surface area contributed by atoms with Gasteiger partial charge < -0.3 is 9.84 Å². The van der Waals surface area contributed by atoms with Crippen molar-refractivity contribution in [1.29, 1.82) is 0 Å². The van der Waals surface area contributed by atoms with Crippen molar-refractivity contribution in [2.24, 2.45) is 5.92 Å². The number of hydrogen-bond acceptors (Lipinski definition) is 5. The highest BCUT2D eigenvalue weighted by Crippen LogP contribution is 2.18. The molecule has 1 amide bonds. The highest BCUT2D eigenvalue weighted by Gasteiger charge is 2.21. The molecule has 1 fully saturated rings. The summed E-state index contributed by atoms with van der Waals surface area (Å²) in [6, 6.07) is 4.56. The van der Waals surface area contributed by atoms with Crippen molar-refractivity contribution < 1.29 is 13.7 Å². The van der Waals surface area contributed by atoms with Crippen LogP contribution in [0.2, 0.25) is 0 Å². The number of nitrogens with zero attached hydrogens (tertiary/aromatic N) is 3. The summed E-state index contributed by atoms with van der Waals surface area (Å²) >= 11 is 0. The highest BCUT2D eigenvalue weighted by atomic mass is 19.1. The van der Waals surface area contributed by atoms with Crippen LogP contribution in [0.1, 0.15) is 35.7 Å². The lowest BCUT2D eigenvalue weighted by Crippen LogP contribution is -2.38. The summed E-state index contributed by atoms with van der Waals surface area (Å²) in [5, 5.41) is 6.93. The first kappa shape index (κ1) is 18.5. The summed E-state index contributed by atoms with van der Waals surface area (Å²) in [6.45, 7) is 6.96.